The average molecular weight is 589 g/mol. The van der Waals surface area contributed by atoms with Crippen LogP contribution in [0.3, 0.4) is 0 Å². The van der Waals surface area contributed by atoms with Crippen molar-refractivity contribution in [1.29, 1.82) is 0 Å². The fourth-order valence-corrected chi connectivity index (χ4v) is 6.89. The van der Waals surface area contributed by atoms with Crippen LogP contribution in [0, 0.1) is 0 Å². The number of hydrogen-bond donors (Lipinski definition) is 0. The van der Waals surface area contributed by atoms with Gasteiger partial charge in [-0.05, 0) is 25.7 Å². The first kappa shape index (κ1) is 39.4. The van der Waals surface area contributed by atoms with Gasteiger partial charge in [-0.15, -0.1) is 0 Å². The molecule has 1 aliphatic heterocycles. The van der Waals surface area contributed by atoms with E-state index in [1.54, 1.807) is 0 Å². The Morgan fingerprint density at radius 1 is 0.310 bits per heavy atom. The maximum atomic E-state index is 2.71. The molecule has 1 rings (SSSR count). The van der Waals surface area contributed by atoms with Crippen molar-refractivity contribution in [3.8, 4) is 0 Å². The second kappa shape index (κ2) is 31.8. The molecule has 0 saturated carbocycles. The number of hydrogen-bond acceptors (Lipinski definition) is 2. The monoisotopic (exact) mass is 589 g/mol. The summed E-state index contributed by atoms with van der Waals surface area (Å²) in [6.07, 6.45) is 51.5. The van der Waals surface area contributed by atoms with Gasteiger partial charge in [-0.3, -0.25) is 0 Å². The van der Waals surface area contributed by atoms with Gasteiger partial charge < -0.3 is 9.80 Å². The molecule has 0 aliphatic carbocycles. The molecular formula is C40H80N2. The van der Waals surface area contributed by atoms with Crippen molar-refractivity contribution < 1.29 is 0 Å². The summed E-state index contributed by atoms with van der Waals surface area (Å²) in [5, 5.41) is 0. The molecule has 0 amide bonds. The summed E-state index contributed by atoms with van der Waals surface area (Å²) < 4.78 is 0. The molecule has 0 saturated heterocycles. The molecule has 42 heavy (non-hydrogen) atoms. The van der Waals surface area contributed by atoms with E-state index in [1.165, 1.54) is 219 Å². The van der Waals surface area contributed by atoms with E-state index in [0.29, 0.717) is 6.17 Å². The third-order valence-electron chi connectivity index (χ3n) is 9.82. The Morgan fingerprint density at radius 2 is 0.548 bits per heavy atom. The molecule has 0 radical (unpaired) electrons. The normalized spacial score (nSPS) is 15.0. The van der Waals surface area contributed by atoms with E-state index in [-0.39, 0.29) is 0 Å². The van der Waals surface area contributed by atoms with E-state index in [2.05, 4.69) is 43.0 Å². The Labute approximate surface area is 267 Å². The van der Waals surface area contributed by atoms with Gasteiger partial charge in [0, 0.05) is 25.5 Å². The molecule has 0 aromatic carbocycles. The Bertz CT molecular complexity index is 544. The highest BCUT2D eigenvalue weighted by Gasteiger charge is 2.24. The summed E-state index contributed by atoms with van der Waals surface area (Å²) in [5.74, 6) is 0. The lowest BCUT2D eigenvalue weighted by atomic mass is 10.0. The molecule has 0 aromatic rings. The summed E-state index contributed by atoms with van der Waals surface area (Å²) in [4.78, 5) is 5.40. The highest BCUT2D eigenvalue weighted by Crippen LogP contribution is 2.24. The Morgan fingerprint density at radius 3 is 0.857 bits per heavy atom. The molecule has 250 valence electrons. The molecule has 0 spiro atoms. The maximum absolute atomic E-state index is 2.71. The standard InChI is InChI=1S/C40H80N2/c1-4-7-10-13-15-17-19-20-21-22-23-25-27-29-31-34-37-42-39-38-41(36-33-12-9-6-3)40(42)35-32-30-28-26-24-18-16-14-11-8-5-2/h38-40H,4-37H2,1-3H3. The zero-order valence-corrected chi connectivity index (χ0v) is 29.7. The zero-order chi connectivity index (χ0) is 30.2. The topological polar surface area (TPSA) is 6.48 Å². The molecule has 1 unspecified atom stereocenters. The van der Waals surface area contributed by atoms with Crippen molar-refractivity contribution in [1.82, 2.24) is 9.80 Å². The van der Waals surface area contributed by atoms with E-state index in [1.807, 2.05) is 0 Å². The first-order chi connectivity index (χ1) is 20.8. The smallest absolute Gasteiger partial charge is 0.101 e. The molecule has 1 aliphatic rings. The second-order valence-electron chi connectivity index (χ2n) is 13.9. The summed E-state index contributed by atoms with van der Waals surface area (Å²) in [6, 6.07) is 0. The summed E-state index contributed by atoms with van der Waals surface area (Å²) >= 11 is 0. The fraction of sp³-hybridized carbons (Fsp3) is 0.950. The van der Waals surface area contributed by atoms with Crippen LogP contribution in [0.15, 0.2) is 12.4 Å². The number of rotatable bonds is 34. The maximum Gasteiger partial charge on any atom is 0.101 e. The molecule has 0 aromatic heterocycles. The van der Waals surface area contributed by atoms with Crippen LogP contribution in [-0.4, -0.2) is 29.1 Å². The van der Waals surface area contributed by atoms with Crippen molar-refractivity contribution in [3.63, 3.8) is 0 Å². The molecule has 0 N–H and O–H groups in total. The van der Waals surface area contributed by atoms with Crippen molar-refractivity contribution in [2.24, 2.45) is 0 Å². The van der Waals surface area contributed by atoms with E-state index >= 15 is 0 Å². The van der Waals surface area contributed by atoms with Gasteiger partial charge in [0.2, 0.25) is 0 Å². The molecule has 1 heterocycles. The van der Waals surface area contributed by atoms with Gasteiger partial charge in [-0.25, -0.2) is 0 Å². The van der Waals surface area contributed by atoms with Crippen LogP contribution in [0.4, 0.5) is 0 Å². The minimum Gasteiger partial charge on any atom is -0.356 e. The second-order valence-corrected chi connectivity index (χ2v) is 13.9. The van der Waals surface area contributed by atoms with Crippen molar-refractivity contribution >= 4 is 0 Å². The van der Waals surface area contributed by atoms with Gasteiger partial charge in [-0.2, -0.15) is 0 Å². The summed E-state index contributed by atoms with van der Waals surface area (Å²) in [6.45, 7) is 9.47. The fourth-order valence-electron chi connectivity index (χ4n) is 6.89. The van der Waals surface area contributed by atoms with Gasteiger partial charge in [0.25, 0.3) is 0 Å². The Balaban J connectivity index is 2.09. The first-order valence-electron chi connectivity index (χ1n) is 20.0. The molecule has 1 atom stereocenters. The van der Waals surface area contributed by atoms with Crippen LogP contribution >= 0.6 is 0 Å². The minimum absolute atomic E-state index is 0.640. The quantitative estimate of drug-likeness (QED) is 0.0690. The molecule has 2 heteroatoms. The Hall–Kier alpha value is -0.660. The van der Waals surface area contributed by atoms with E-state index in [9.17, 15) is 0 Å². The van der Waals surface area contributed by atoms with Crippen molar-refractivity contribution in [2.75, 3.05) is 13.1 Å². The highest BCUT2D eigenvalue weighted by molar-refractivity contribution is 4.97. The summed E-state index contributed by atoms with van der Waals surface area (Å²) in [7, 11) is 0. The highest BCUT2D eigenvalue weighted by atomic mass is 15.4. The van der Waals surface area contributed by atoms with Crippen molar-refractivity contribution in [3.05, 3.63) is 12.4 Å². The lowest BCUT2D eigenvalue weighted by Gasteiger charge is -2.33. The van der Waals surface area contributed by atoms with E-state index < -0.39 is 0 Å². The molecular weight excluding hydrogens is 508 g/mol. The average Bonchev–Trinajstić information content (AvgIpc) is 3.38. The molecule has 0 fully saturated rings. The lowest BCUT2D eigenvalue weighted by molar-refractivity contribution is 0.135. The van der Waals surface area contributed by atoms with Gasteiger partial charge >= 0.3 is 0 Å². The van der Waals surface area contributed by atoms with Crippen LogP contribution in [0.25, 0.3) is 0 Å². The van der Waals surface area contributed by atoms with Crippen LogP contribution in [0.2, 0.25) is 0 Å². The van der Waals surface area contributed by atoms with Gasteiger partial charge in [0.1, 0.15) is 6.17 Å². The van der Waals surface area contributed by atoms with Gasteiger partial charge in [0.05, 0.1) is 0 Å². The third kappa shape index (κ3) is 23.8. The predicted molar refractivity (Wildman–Crippen MR) is 191 cm³/mol. The lowest BCUT2D eigenvalue weighted by Crippen LogP contribution is -2.39. The third-order valence-corrected chi connectivity index (χ3v) is 9.82. The van der Waals surface area contributed by atoms with Crippen LogP contribution in [-0.2, 0) is 0 Å². The van der Waals surface area contributed by atoms with E-state index in [0.717, 1.165) is 0 Å². The van der Waals surface area contributed by atoms with Crippen LogP contribution < -0.4 is 0 Å². The first-order valence-corrected chi connectivity index (χ1v) is 20.0. The SMILES string of the molecule is CCCCCCCCCCCCCCCCCCN1C=CN(CCCCCC)C1CCCCCCCCCCCCC. The number of unbranched alkanes of at least 4 members (excludes halogenated alkanes) is 28. The predicted octanol–water partition coefficient (Wildman–Crippen LogP) is 13.9. The molecule has 2 nitrogen and oxygen atoms in total. The van der Waals surface area contributed by atoms with Gasteiger partial charge in [-0.1, -0.05) is 201 Å². The Kier molecular flexibility index (Phi) is 29.8. The van der Waals surface area contributed by atoms with Crippen LogP contribution in [0.5, 0.6) is 0 Å². The largest absolute Gasteiger partial charge is 0.356 e. The van der Waals surface area contributed by atoms with E-state index in [4.69, 9.17) is 0 Å². The minimum atomic E-state index is 0.640. The zero-order valence-electron chi connectivity index (χ0n) is 29.7. The summed E-state index contributed by atoms with van der Waals surface area (Å²) in [5.41, 5.74) is 0. The van der Waals surface area contributed by atoms with Gasteiger partial charge in [0.15, 0.2) is 0 Å². The molecule has 0 bridgehead atoms. The van der Waals surface area contributed by atoms with Crippen LogP contribution in [0.1, 0.15) is 226 Å². The van der Waals surface area contributed by atoms with Crippen molar-refractivity contribution in [2.45, 2.75) is 232 Å². The number of nitrogens with zero attached hydrogens (tertiary/aromatic N) is 2.